The number of ether oxygens (including phenoxy) is 3. The van der Waals surface area contributed by atoms with E-state index in [-0.39, 0.29) is 5.69 Å². The standard InChI is InChI=1S/C20H18FNO5/c21-15-4-1-2-5-16(15)22-19(23)13-27-20(24)9-7-14-6-8-17-18(12-14)26-11-3-10-25-17/h1-2,4-9,12H,3,10-11,13H2,(H,22,23)/b9-7+. The van der Waals surface area contributed by atoms with E-state index in [0.717, 1.165) is 12.0 Å². The Morgan fingerprint density at radius 2 is 1.89 bits per heavy atom. The SMILES string of the molecule is O=C(COC(=O)/C=C/c1ccc2c(c1)OCCCO2)Nc1ccccc1F. The fraction of sp³-hybridized carbons (Fsp3) is 0.200. The van der Waals surface area contributed by atoms with Crippen molar-refractivity contribution in [1.29, 1.82) is 0 Å². The van der Waals surface area contributed by atoms with Gasteiger partial charge in [-0.2, -0.15) is 0 Å². The third-order valence-electron chi connectivity index (χ3n) is 3.68. The first-order chi connectivity index (χ1) is 13.1. The van der Waals surface area contributed by atoms with Gasteiger partial charge in [-0.25, -0.2) is 9.18 Å². The molecule has 1 amide bonds. The molecule has 27 heavy (non-hydrogen) atoms. The van der Waals surface area contributed by atoms with Crippen LogP contribution in [0.3, 0.4) is 0 Å². The largest absolute Gasteiger partial charge is 0.490 e. The van der Waals surface area contributed by atoms with Crippen molar-refractivity contribution in [3.8, 4) is 11.5 Å². The molecule has 0 unspecified atom stereocenters. The van der Waals surface area contributed by atoms with Crippen LogP contribution in [-0.2, 0) is 14.3 Å². The number of hydrogen-bond acceptors (Lipinski definition) is 5. The summed E-state index contributed by atoms with van der Waals surface area (Å²) < 4.78 is 29.4. The second kappa shape index (κ2) is 8.84. The summed E-state index contributed by atoms with van der Waals surface area (Å²) in [5.41, 5.74) is 0.758. The summed E-state index contributed by atoms with van der Waals surface area (Å²) in [6, 6.07) is 11.0. The minimum Gasteiger partial charge on any atom is -0.490 e. The molecular formula is C20H18FNO5. The second-order valence-corrected chi connectivity index (χ2v) is 5.73. The molecule has 1 heterocycles. The van der Waals surface area contributed by atoms with Crippen LogP contribution in [0.1, 0.15) is 12.0 Å². The lowest BCUT2D eigenvalue weighted by atomic mass is 10.2. The average molecular weight is 371 g/mol. The van der Waals surface area contributed by atoms with Crippen molar-refractivity contribution in [2.24, 2.45) is 0 Å². The number of hydrogen-bond donors (Lipinski definition) is 1. The lowest BCUT2D eigenvalue weighted by molar-refractivity contribution is -0.142. The fourth-order valence-corrected chi connectivity index (χ4v) is 2.38. The molecule has 6 nitrogen and oxygen atoms in total. The Labute approximate surface area is 155 Å². The summed E-state index contributed by atoms with van der Waals surface area (Å²) in [7, 11) is 0. The molecule has 2 aromatic rings. The van der Waals surface area contributed by atoms with Gasteiger partial charge < -0.3 is 19.5 Å². The topological polar surface area (TPSA) is 73.9 Å². The molecule has 0 spiro atoms. The van der Waals surface area contributed by atoms with Gasteiger partial charge in [0.15, 0.2) is 18.1 Å². The van der Waals surface area contributed by atoms with E-state index in [1.165, 1.54) is 24.3 Å². The summed E-state index contributed by atoms with van der Waals surface area (Å²) in [6.07, 6.45) is 3.56. The fourth-order valence-electron chi connectivity index (χ4n) is 2.38. The first kappa shape index (κ1) is 18.4. The molecule has 0 saturated heterocycles. The highest BCUT2D eigenvalue weighted by molar-refractivity contribution is 5.94. The van der Waals surface area contributed by atoms with Gasteiger partial charge in [0.1, 0.15) is 5.82 Å². The Balaban J connectivity index is 1.51. The van der Waals surface area contributed by atoms with Crippen LogP contribution in [0.5, 0.6) is 11.5 Å². The normalized spacial score (nSPS) is 13.1. The van der Waals surface area contributed by atoms with Crippen molar-refractivity contribution in [3.63, 3.8) is 0 Å². The molecule has 0 aromatic heterocycles. The zero-order valence-electron chi connectivity index (χ0n) is 14.4. The molecular weight excluding hydrogens is 353 g/mol. The van der Waals surface area contributed by atoms with Gasteiger partial charge in [0.2, 0.25) is 0 Å². The van der Waals surface area contributed by atoms with E-state index >= 15 is 0 Å². The van der Waals surface area contributed by atoms with Crippen molar-refractivity contribution < 1.29 is 28.2 Å². The van der Waals surface area contributed by atoms with E-state index in [1.54, 1.807) is 30.3 Å². The highest BCUT2D eigenvalue weighted by Crippen LogP contribution is 2.30. The van der Waals surface area contributed by atoms with E-state index < -0.39 is 24.3 Å². The zero-order chi connectivity index (χ0) is 19.1. The van der Waals surface area contributed by atoms with Gasteiger partial charge in [0, 0.05) is 12.5 Å². The van der Waals surface area contributed by atoms with Gasteiger partial charge in [-0.05, 0) is 35.9 Å². The maximum atomic E-state index is 13.4. The van der Waals surface area contributed by atoms with Crippen molar-refractivity contribution in [1.82, 2.24) is 0 Å². The first-order valence-electron chi connectivity index (χ1n) is 8.41. The number of rotatable bonds is 5. The molecule has 0 bridgehead atoms. The van der Waals surface area contributed by atoms with Crippen LogP contribution in [0.25, 0.3) is 6.08 Å². The summed E-state index contributed by atoms with van der Waals surface area (Å²) >= 11 is 0. The van der Waals surface area contributed by atoms with Gasteiger partial charge in [0.05, 0.1) is 18.9 Å². The molecule has 1 N–H and O–H groups in total. The Kier molecular flexibility index (Phi) is 6.04. The molecule has 7 heteroatoms. The monoisotopic (exact) mass is 371 g/mol. The van der Waals surface area contributed by atoms with E-state index in [9.17, 15) is 14.0 Å². The van der Waals surface area contributed by atoms with Gasteiger partial charge >= 0.3 is 5.97 Å². The Morgan fingerprint density at radius 3 is 2.70 bits per heavy atom. The second-order valence-electron chi connectivity index (χ2n) is 5.73. The maximum Gasteiger partial charge on any atom is 0.331 e. The minimum atomic E-state index is -0.689. The molecule has 3 rings (SSSR count). The van der Waals surface area contributed by atoms with E-state index in [2.05, 4.69) is 5.32 Å². The van der Waals surface area contributed by atoms with Gasteiger partial charge in [-0.1, -0.05) is 18.2 Å². The number of nitrogens with one attached hydrogen (secondary N) is 1. The number of esters is 1. The smallest absolute Gasteiger partial charge is 0.331 e. The van der Waals surface area contributed by atoms with Crippen molar-refractivity contribution in [3.05, 3.63) is 59.9 Å². The number of carbonyl (C=O) groups excluding carboxylic acids is 2. The minimum absolute atomic E-state index is 0.0290. The molecule has 0 fully saturated rings. The summed E-state index contributed by atoms with van der Waals surface area (Å²) in [6.45, 7) is 0.654. The molecule has 140 valence electrons. The first-order valence-corrected chi connectivity index (χ1v) is 8.41. The molecule has 0 aliphatic carbocycles. The highest BCUT2D eigenvalue weighted by Gasteiger charge is 2.11. The summed E-state index contributed by atoms with van der Waals surface area (Å²) in [5.74, 6) is -0.598. The van der Waals surface area contributed by atoms with Crippen LogP contribution >= 0.6 is 0 Å². The van der Waals surface area contributed by atoms with Crippen molar-refractivity contribution in [2.45, 2.75) is 6.42 Å². The van der Waals surface area contributed by atoms with E-state index in [0.29, 0.717) is 24.7 Å². The molecule has 0 atom stereocenters. The number of carbonyl (C=O) groups is 2. The zero-order valence-corrected chi connectivity index (χ0v) is 14.4. The van der Waals surface area contributed by atoms with Crippen LogP contribution in [0.2, 0.25) is 0 Å². The van der Waals surface area contributed by atoms with Crippen LogP contribution in [0.15, 0.2) is 48.5 Å². The van der Waals surface area contributed by atoms with Gasteiger partial charge in [-0.3, -0.25) is 4.79 Å². The van der Waals surface area contributed by atoms with Gasteiger partial charge in [0.25, 0.3) is 5.91 Å². The lowest BCUT2D eigenvalue weighted by Gasteiger charge is -2.07. The summed E-state index contributed by atoms with van der Waals surface area (Å²) in [4.78, 5) is 23.5. The molecule has 0 radical (unpaired) electrons. The van der Waals surface area contributed by atoms with Crippen LogP contribution < -0.4 is 14.8 Å². The van der Waals surface area contributed by atoms with Crippen LogP contribution in [0, 0.1) is 5.82 Å². The number of anilines is 1. The lowest BCUT2D eigenvalue weighted by Crippen LogP contribution is -2.20. The highest BCUT2D eigenvalue weighted by atomic mass is 19.1. The average Bonchev–Trinajstić information content (AvgIpc) is 2.91. The molecule has 0 saturated carbocycles. The molecule has 2 aromatic carbocycles. The predicted octanol–water partition coefficient (Wildman–Crippen LogP) is 3.18. The van der Waals surface area contributed by atoms with Gasteiger partial charge in [-0.15, -0.1) is 0 Å². The van der Waals surface area contributed by atoms with Crippen molar-refractivity contribution >= 4 is 23.6 Å². The molecule has 1 aliphatic heterocycles. The Morgan fingerprint density at radius 1 is 1.11 bits per heavy atom. The van der Waals surface area contributed by atoms with Crippen LogP contribution in [0.4, 0.5) is 10.1 Å². The van der Waals surface area contributed by atoms with Crippen molar-refractivity contribution in [2.75, 3.05) is 25.1 Å². The Bertz CT molecular complexity index is 865. The Hall–Kier alpha value is -3.35. The number of para-hydroxylation sites is 1. The molecule has 1 aliphatic rings. The maximum absolute atomic E-state index is 13.4. The third-order valence-corrected chi connectivity index (χ3v) is 3.68. The van der Waals surface area contributed by atoms with E-state index in [1.807, 2.05) is 0 Å². The number of fused-ring (bicyclic) bond motifs is 1. The number of halogens is 1. The number of amides is 1. The third kappa shape index (κ3) is 5.31. The van der Waals surface area contributed by atoms with E-state index in [4.69, 9.17) is 14.2 Å². The predicted molar refractivity (Wildman–Crippen MR) is 97.1 cm³/mol. The summed E-state index contributed by atoms with van der Waals surface area (Å²) in [5, 5.41) is 2.33. The van der Waals surface area contributed by atoms with Crippen LogP contribution in [-0.4, -0.2) is 31.7 Å². The number of benzene rings is 2. The quantitative estimate of drug-likeness (QED) is 0.645.